The molecule has 7 heteroatoms. The molecule has 122 valence electrons. The first-order chi connectivity index (χ1) is 11.4. The minimum Gasteiger partial charge on any atom is -0.355 e. The van der Waals surface area contributed by atoms with Crippen molar-refractivity contribution in [1.29, 1.82) is 0 Å². The normalized spacial score (nSPS) is 11.3. The highest BCUT2D eigenvalue weighted by molar-refractivity contribution is 5.70. The fourth-order valence-electron chi connectivity index (χ4n) is 2.23. The number of hydrogen-bond acceptors (Lipinski definition) is 3. The standard InChI is InChI=1S/C17H12F3N3O/c18-17(19,20)13-10-11(14-8-9-16(24)23-22-14)6-7-15(13)21-12-4-2-1-3-5-12/h1-10,21H,(H,23,24). The SMILES string of the molecule is O=c1ccc(-c2ccc(Nc3ccccc3)c(C(F)(F)F)c2)n[nH]1. The predicted octanol–water partition coefficient (Wildman–Crippen LogP) is 4.20. The lowest BCUT2D eigenvalue weighted by Crippen LogP contribution is -2.10. The molecule has 0 radical (unpaired) electrons. The maximum atomic E-state index is 13.4. The maximum Gasteiger partial charge on any atom is 0.418 e. The molecule has 0 aliphatic carbocycles. The molecule has 3 rings (SSSR count). The van der Waals surface area contributed by atoms with Crippen LogP contribution in [0.3, 0.4) is 0 Å². The van der Waals surface area contributed by atoms with Crippen molar-refractivity contribution >= 4 is 11.4 Å². The molecule has 4 nitrogen and oxygen atoms in total. The zero-order chi connectivity index (χ0) is 17.2. The molecule has 2 N–H and O–H groups in total. The minimum atomic E-state index is -4.53. The molecule has 1 aromatic heterocycles. The van der Waals surface area contributed by atoms with Gasteiger partial charge in [0.2, 0.25) is 0 Å². The lowest BCUT2D eigenvalue weighted by Gasteiger charge is -2.16. The van der Waals surface area contributed by atoms with Gasteiger partial charge in [-0.05, 0) is 30.3 Å². The van der Waals surface area contributed by atoms with Gasteiger partial charge in [-0.15, -0.1) is 0 Å². The fourth-order valence-corrected chi connectivity index (χ4v) is 2.23. The summed E-state index contributed by atoms with van der Waals surface area (Å²) in [5.41, 5.74) is -0.211. The number of anilines is 2. The Morgan fingerprint density at radius 1 is 0.958 bits per heavy atom. The number of aromatic nitrogens is 2. The monoisotopic (exact) mass is 331 g/mol. The van der Waals surface area contributed by atoms with Gasteiger partial charge < -0.3 is 5.32 Å². The van der Waals surface area contributed by atoms with Gasteiger partial charge in [-0.2, -0.15) is 18.3 Å². The van der Waals surface area contributed by atoms with Crippen LogP contribution in [0.2, 0.25) is 0 Å². The summed E-state index contributed by atoms with van der Waals surface area (Å²) >= 11 is 0. The topological polar surface area (TPSA) is 57.8 Å². The highest BCUT2D eigenvalue weighted by atomic mass is 19.4. The molecule has 2 aromatic carbocycles. The second kappa shape index (κ2) is 6.19. The number of halogens is 3. The van der Waals surface area contributed by atoms with E-state index in [9.17, 15) is 18.0 Å². The Hall–Kier alpha value is -3.09. The van der Waals surface area contributed by atoms with Crippen LogP contribution in [-0.2, 0) is 6.18 Å². The Morgan fingerprint density at radius 2 is 1.71 bits per heavy atom. The van der Waals surface area contributed by atoms with Crippen molar-refractivity contribution in [2.45, 2.75) is 6.18 Å². The Balaban J connectivity index is 2.04. The number of alkyl halides is 3. The van der Waals surface area contributed by atoms with Crippen LogP contribution >= 0.6 is 0 Å². The number of benzene rings is 2. The Labute approximate surface area is 135 Å². The molecule has 1 heterocycles. The zero-order valence-corrected chi connectivity index (χ0v) is 12.3. The summed E-state index contributed by atoms with van der Waals surface area (Å²) in [5.74, 6) is 0. The predicted molar refractivity (Wildman–Crippen MR) is 85.0 cm³/mol. The fraction of sp³-hybridized carbons (Fsp3) is 0.0588. The van der Waals surface area contributed by atoms with Gasteiger partial charge in [0.25, 0.3) is 5.56 Å². The van der Waals surface area contributed by atoms with Crippen LogP contribution in [0, 0.1) is 0 Å². The summed E-state index contributed by atoms with van der Waals surface area (Å²) < 4.78 is 40.2. The number of H-pyrrole nitrogens is 1. The van der Waals surface area contributed by atoms with Gasteiger partial charge in [0.1, 0.15) is 0 Å². The number of para-hydroxylation sites is 1. The van der Waals surface area contributed by atoms with Crippen molar-refractivity contribution in [1.82, 2.24) is 10.2 Å². The average Bonchev–Trinajstić information content (AvgIpc) is 2.56. The van der Waals surface area contributed by atoms with E-state index < -0.39 is 17.3 Å². The molecule has 3 aromatic rings. The summed E-state index contributed by atoms with van der Waals surface area (Å²) in [7, 11) is 0. The third-order valence-electron chi connectivity index (χ3n) is 3.35. The minimum absolute atomic E-state index is 0.0538. The molecule has 0 spiro atoms. The Kier molecular flexibility index (Phi) is 4.07. The quantitative estimate of drug-likeness (QED) is 0.756. The molecule has 0 amide bonds. The van der Waals surface area contributed by atoms with E-state index in [2.05, 4.69) is 15.5 Å². The Morgan fingerprint density at radius 3 is 2.33 bits per heavy atom. The van der Waals surface area contributed by atoms with Crippen molar-refractivity contribution in [2.24, 2.45) is 0 Å². The van der Waals surface area contributed by atoms with E-state index in [1.165, 1.54) is 24.3 Å². The molecular formula is C17H12F3N3O. The summed E-state index contributed by atoms with van der Waals surface area (Å²) in [4.78, 5) is 11.0. The molecule has 0 saturated carbocycles. The van der Waals surface area contributed by atoms with E-state index in [1.54, 1.807) is 30.3 Å². The van der Waals surface area contributed by atoms with Gasteiger partial charge in [-0.25, -0.2) is 5.10 Å². The van der Waals surface area contributed by atoms with Gasteiger partial charge in [-0.3, -0.25) is 4.79 Å². The maximum absolute atomic E-state index is 13.4. The van der Waals surface area contributed by atoms with Crippen LogP contribution in [0.4, 0.5) is 24.5 Å². The molecule has 0 unspecified atom stereocenters. The summed E-state index contributed by atoms with van der Waals surface area (Å²) in [6.45, 7) is 0. The molecule has 0 atom stereocenters. The Bertz CT molecular complexity index is 884. The lowest BCUT2D eigenvalue weighted by molar-refractivity contribution is -0.136. The summed E-state index contributed by atoms with van der Waals surface area (Å²) in [5, 5.41) is 8.74. The van der Waals surface area contributed by atoms with Gasteiger partial charge in [0.05, 0.1) is 16.9 Å². The molecule has 0 fully saturated rings. The third kappa shape index (κ3) is 3.45. The van der Waals surface area contributed by atoms with Crippen LogP contribution in [-0.4, -0.2) is 10.2 Å². The smallest absolute Gasteiger partial charge is 0.355 e. The van der Waals surface area contributed by atoms with Crippen LogP contribution in [0.5, 0.6) is 0 Å². The average molecular weight is 331 g/mol. The molecule has 0 bridgehead atoms. The number of nitrogens with zero attached hydrogens (tertiary/aromatic N) is 1. The first-order valence-corrected chi connectivity index (χ1v) is 7.03. The lowest BCUT2D eigenvalue weighted by atomic mass is 10.0. The number of aromatic amines is 1. The van der Waals surface area contributed by atoms with E-state index in [1.807, 2.05) is 0 Å². The second-order valence-corrected chi connectivity index (χ2v) is 5.06. The molecular weight excluding hydrogens is 319 g/mol. The first kappa shape index (κ1) is 15.8. The van der Waals surface area contributed by atoms with E-state index >= 15 is 0 Å². The number of hydrogen-bond donors (Lipinski definition) is 2. The first-order valence-electron chi connectivity index (χ1n) is 7.03. The van der Waals surface area contributed by atoms with E-state index in [-0.39, 0.29) is 16.9 Å². The van der Waals surface area contributed by atoms with Crippen LogP contribution in [0.15, 0.2) is 65.5 Å². The molecule has 0 saturated heterocycles. The van der Waals surface area contributed by atoms with Crippen molar-refractivity contribution < 1.29 is 13.2 Å². The van der Waals surface area contributed by atoms with Crippen molar-refractivity contribution in [2.75, 3.05) is 5.32 Å². The van der Waals surface area contributed by atoms with Crippen LogP contribution in [0.25, 0.3) is 11.3 Å². The highest BCUT2D eigenvalue weighted by Gasteiger charge is 2.34. The van der Waals surface area contributed by atoms with Gasteiger partial charge in [0.15, 0.2) is 0 Å². The van der Waals surface area contributed by atoms with Crippen molar-refractivity contribution in [3.63, 3.8) is 0 Å². The van der Waals surface area contributed by atoms with E-state index in [4.69, 9.17) is 0 Å². The molecule has 24 heavy (non-hydrogen) atoms. The number of rotatable bonds is 3. The molecule has 0 aliphatic rings. The van der Waals surface area contributed by atoms with E-state index in [0.717, 1.165) is 6.07 Å². The summed E-state index contributed by atoms with van der Waals surface area (Å²) in [6, 6.07) is 15.0. The second-order valence-electron chi connectivity index (χ2n) is 5.06. The van der Waals surface area contributed by atoms with Gasteiger partial charge in [-0.1, -0.05) is 24.3 Å². The highest BCUT2D eigenvalue weighted by Crippen LogP contribution is 2.38. The van der Waals surface area contributed by atoms with Crippen molar-refractivity contribution in [3.8, 4) is 11.3 Å². The van der Waals surface area contributed by atoms with Crippen LogP contribution < -0.4 is 10.9 Å². The van der Waals surface area contributed by atoms with E-state index in [0.29, 0.717) is 5.69 Å². The summed E-state index contributed by atoms with van der Waals surface area (Å²) in [6.07, 6.45) is -4.53. The number of nitrogens with one attached hydrogen (secondary N) is 2. The van der Waals surface area contributed by atoms with Gasteiger partial charge in [0, 0.05) is 17.3 Å². The largest absolute Gasteiger partial charge is 0.418 e. The van der Waals surface area contributed by atoms with Gasteiger partial charge >= 0.3 is 6.18 Å². The van der Waals surface area contributed by atoms with Crippen molar-refractivity contribution in [3.05, 3.63) is 76.6 Å². The van der Waals surface area contributed by atoms with Crippen LogP contribution in [0.1, 0.15) is 5.56 Å². The third-order valence-corrected chi connectivity index (χ3v) is 3.35. The molecule has 0 aliphatic heterocycles. The zero-order valence-electron chi connectivity index (χ0n) is 12.3.